The lowest BCUT2D eigenvalue weighted by Gasteiger charge is -2.05. The van der Waals surface area contributed by atoms with E-state index in [1.54, 1.807) is 0 Å². The molecule has 0 aliphatic heterocycles. The molecule has 5 nitrogen and oxygen atoms in total. The Morgan fingerprint density at radius 1 is 1.29 bits per heavy atom. The highest BCUT2D eigenvalue weighted by atomic mass is 16.3. The number of benzene rings is 1. The number of oxazole rings is 1. The van der Waals surface area contributed by atoms with Gasteiger partial charge in [0.1, 0.15) is 11.4 Å². The fourth-order valence-corrected chi connectivity index (χ4v) is 2.45. The maximum atomic E-state index is 5.60. The largest absolute Gasteiger partial charge is 0.441 e. The molecule has 110 valence electrons. The van der Waals surface area contributed by atoms with Gasteiger partial charge < -0.3 is 9.73 Å². The van der Waals surface area contributed by atoms with Crippen LogP contribution in [0.4, 0.5) is 0 Å². The van der Waals surface area contributed by atoms with Crippen LogP contribution in [0.25, 0.3) is 22.4 Å². The summed E-state index contributed by atoms with van der Waals surface area (Å²) in [6, 6.07) is 8.14. The van der Waals surface area contributed by atoms with Gasteiger partial charge in [0.25, 0.3) is 0 Å². The molecule has 3 rings (SSSR count). The van der Waals surface area contributed by atoms with Gasteiger partial charge in [-0.05, 0) is 18.5 Å². The number of nitrogens with zero attached hydrogens (tertiary/aromatic N) is 3. The lowest BCUT2D eigenvalue weighted by atomic mass is 10.1. The molecule has 0 spiro atoms. The fraction of sp³-hybridized carbons (Fsp3) is 0.375. The zero-order valence-corrected chi connectivity index (χ0v) is 12.6. The van der Waals surface area contributed by atoms with Gasteiger partial charge in [-0.15, -0.1) is 0 Å². The molecule has 3 aromatic rings. The van der Waals surface area contributed by atoms with Crippen molar-refractivity contribution in [2.75, 3.05) is 6.54 Å². The molecule has 1 N–H and O–H groups in total. The second-order valence-electron chi connectivity index (χ2n) is 5.64. The van der Waals surface area contributed by atoms with Crippen LogP contribution in [-0.2, 0) is 13.6 Å². The van der Waals surface area contributed by atoms with Crippen LogP contribution in [0, 0.1) is 5.92 Å². The van der Waals surface area contributed by atoms with Crippen LogP contribution in [0.3, 0.4) is 0 Å². The predicted octanol–water partition coefficient (Wildman–Crippen LogP) is 2.97. The summed E-state index contributed by atoms with van der Waals surface area (Å²) in [7, 11) is 1.94. The van der Waals surface area contributed by atoms with Gasteiger partial charge >= 0.3 is 0 Å². The van der Waals surface area contributed by atoms with Gasteiger partial charge in [0, 0.05) is 19.0 Å². The number of fused-ring (bicyclic) bond motifs is 1. The Kier molecular flexibility index (Phi) is 3.75. The summed E-state index contributed by atoms with van der Waals surface area (Å²) in [5.41, 5.74) is 2.84. The topological polar surface area (TPSA) is 55.9 Å². The molecule has 2 heterocycles. The maximum absolute atomic E-state index is 5.60. The smallest absolute Gasteiger partial charge is 0.181 e. The second-order valence-corrected chi connectivity index (χ2v) is 5.64. The molecule has 0 amide bonds. The Morgan fingerprint density at radius 2 is 2.10 bits per heavy atom. The van der Waals surface area contributed by atoms with Crippen molar-refractivity contribution in [3.8, 4) is 11.5 Å². The van der Waals surface area contributed by atoms with Crippen LogP contribution in [0.15, 0.2) is 35.1 Å². The van der Waals surface area contributed by atoms with Crippen LogP contribution in [0.1, 0.15) is 19.5 Å². The Balaban J connectivity index is 1.95. The summed E-state index contributed by atoms with van der Waals surface area (Å²) >= 11 is 0. The molecule has 0 fully saturated rings. The number of aryl methyl sites for hydroxylation is 1. The Hall–Kier alpha value is -2.14. The molecule has 5 heteroatoms. The Morgan fingerprint density at radius 3 is 2.90 bits per heavy atom. The first-order valence-electron chi connectivity index (χ1n) is 7.22. The molecule has 1 aromatic carbocycles. The number of nitrogens with one attached hydrogen (secondary N) is 1. The molecular weight excluding hydrogens is 264 g/mol. The van der Waals surface area contributed by atoms with Gasteiger partial charge in [-0.3, -0.25) is 4.68 Å². The SMILES string of the molecule is CC(C)CNCc1ncoc1-c1nn(C)c2ccccc12. The summed E-state index contributed by atoms with van der Waals surface area (Å²) in [4.78, 5) is 4.33. The Labute approximate surface area is 124 Å². The molecule has 0 aliphatic rings. The number of aromatic nitrogens is 3. The van der Waals surface area contributed by atoms with Crippen LogP contribution in [-0.4, -0.2) is 21.3 Å². The third kappa shape index (κ3) is 2.69. The molecule has 0 atom stereocenters. The average molecular weight is 284 g/mol. The van der Waals surface area contributed by atoms with Crippen LogP contribution in [0.2, 0.25) is 0 Å². The highest BCUT2D eigenvalue weighted by Crippen LogP contribution is 2.29. The summed E-state index contributed by atoms with van der Waals surface area (Å²) in [6.07, 6.45) is 1.49. The van der Waals surface area contributed by atoms with Gasteiger partial charge in [-0.25, -0.2) is 4.98 Å². The molecule has 21 heavy (non-hydrogen) atoms. The first-order valence-corrected chi connectivity index (χ1v) is 7.22. The molecule has 0 saturated heterocycles. The van der Waals surface area contributed by atoms with Gasteiger partial charge in [-0.1, -0.05) is 32.0 Å². The predicted molar refractivity (Wildman–Crippen MR) is 82.8 cm³/mol. The van der Waals surface area contributed by atoms with Crippen LogP contribution < -0.4 is 5.32 Å². The zero-order valence-electron chi connectivity index (χ0n) is 12.6. The molecule has 0 aliphatic carbocycles. The van der Waals surface area contributed by atoms with Gasteiger partial charge in [0.2, 0.25) is 0 Å². The van der Waals surface area contributed by atoms with E-state index in [0.29, 0.717) is 12.5 Å². The molecule has 0 unspecified atom stereocenters. The summed E-state index contributed by atoms with van der Waals surface area (Å²) in [5, 5.41) is 9.07. The van der Waals surface area contributed by atoms with Crippen molar-refractivity contribution in [2.24, 2.45) is 13.0 Å². The van der Waals surface area contributed by atoms with Crippen LogP contribution >= 0.6 is 0 Å². The van der Waals surface area contributed by atoms with Crippen molar-refractivity contribution in [2.45, 2.75) is 20.4 Å². The average Bonchev–Trinajstić information content (AvgIpc) is 3.04. The number of hydrogen-bond acceptors (Lipinski definition) is 4. The van der Waals surface area contributed by atoms with E-state index in [-0.39, 0.29) is 0 Å². The lowest BCUT2D eigenvalue weighted by Crippen LogP contribution is -2.19. The van der Waals surface area contributed by atoms with E-state index in [0.717, 1.165) is 34.6 Å². The molecule has 2 aromatic heterocycles. The van der Waals surface area contributed by atoms with Crippen molar-refractivity contribution in [3.05, 3.63) is 36.4 Å². The number of rotatable bonds is 5. The van der Waals surface area contributed by atoms with Gasteiger partial charge in [0.15, 0.2) is 12.2 Å². The Bertz CT molecular complexity index is 742. The van der Waals surface area contributed by atoms with E-state index in [9.17, 15) is 0 Å². The minimum Gasteiger partial charge on any atom is -0.441 e. The van der Waals surface area contributed by atoms with Crippen molar-refractivity contribution < 1.29 is 4.42 Å². The molecular formula is C16H20N4O. The molecule has 0 saturated carbocycles. The van der Waals surface area contributed by atoms with E-state index in [4.69, 9.17) is 4.42 Å². The van der Waals surface area contributed by atoms with E-state index in [1.165, 1.54) is 6.39 Å². The normalized spacial score (nSPS) is 11.6. The van der Waals surface area contributed by atoms with E-state index in [2.05, 4.69) is 41.4 Å². The molecule has 0 radical (unpaired) electrons. The number of hydrogen-bond donors (Lipinski definition) is 1. The minimum absolute atomic E-state index is 0.607. The van der Waals surface area contributed by atoms with Gasteiger partial charge in [0.05, 0.1) is 5.52 Å². The third-order valence-corrected chi connectivity index (χ3v) is 3.46. The maximum Gasteiger partial charge on any atom is 0.181 e. The first-order chi connectivity index (χ1) is 10.2. The zero-order chi connectivity index (χ0) is 14.8. The fourth-order valence-electron chi connectivity index (χ4n) is 2.45. The van der Waals surface area contributed by atoms with Crippen molar-refractivity contribution in [1.29, 1.82) is 0 Å². The van der Waals surface area contributed by atoms with E-state index >= 15 is 0 Å². The van der Waals surface area contributed by atoms with E-state index < -0.39 is 0 Å². The standard InChI is InChI=1S/C16H20N4O/c1-11(2)8-17-9-13-16(21-10-18-13)15-12-6-4-5-7-14(12)20(3)19-15/h4-7,10-11,17H,8-9H2,1-3H3. The second kappa shape index (κ2) is 5.69. The minimum atomic E-state index is 0.607. The van der Waals surface area contributed by atoms with Crippen LogP contribution in [0.5, 0.6) is 0 Å². The van der Waals surface area contributed by atoms with Crippen molar-refractivity contribution in [1.82, 2.24) is 20.1 Å². The number of para-hydroxylation sites is 1. The quantitative estimate of drug-likeness (QED) is 0.782. The summed E-state index contributed by atoms with van der Waals surface area (Å²) in [5.74, 6) is 1.36. The first kappa shape index (κ1) is 13.8. The monoisotopic (exact) mass is 284 g/mol. The van der Waals surface area contributed by atoms with Crippen molar-refractivity contribution in [3.63, 3.8) is 0 Å². The lowest BCUT2D eigenvalue weighted by molar-refractivity contribution is 0.544. The van der Waals surface area contributed by atoms with Gasteiger partial charge in [-0.2, -0.15) is 5.10 Å². The summed E-state index contributed by atoms with van der Waals surface area (Å²) in [6.45, 7) is 6.01. The highest BCUT2D eigenvalue weighted by molar-refractivity contribution is 5.92. The molecule has 0 bridgehead atoms. The van der Waals surface area contributed by atoms with Crippen molar-refractivity contribution >= 4 is 10.9 Å². The third-order valence-electron chi connectivity index (χ3n) is 3.46. The highest BCUT2D eigenvalue weighted by Gasteiger charge is 2.17. The van der Waals surface area contributed by atoms with E-state index in [1.807, 2.05) is 23.9 Å². The summed E-state index contributed by atoms with van der Waals surface area (Å²) < 4.78 is 7.48.